The smallest absolute Gasteiger partial charge is 0.239 e. The molecule has 6 N–H and O–H groups in total. The van der Waals surface area contributed by atoms with Gasteiger partial charge < -0.3 is 22.1 Å². The van der Waals surface area contributed by atoms with Crippen molar-refractivity contribution in [3.8, 4) is 0 Å². The minimum Gasteiger partial charge on any atom is -0.370 e. The van der Waals surface area contributed by atoms with Crippen LogP contribution >= 0.6 is 0 Å². The van der Waals surface area contributed by atoms with Crippen LogP contribution in [0.1, 0.15) is 6.42 Å². The molecule has 0 saturated carbocycles. The van der Waals surface area contributed by atoms with Crippen LogP contribution in [0.2, 0.25) is 0 Å². The maximum atomic E-state index is 11.1. The van der Waals surface area contributed by atoms with E-state index >= 15 is 0 Å². The summed E-state index contributed by atoms with van der Waals surface area (Å²) in [4.78, 5) is 32.2. The molecule has 0 aliphatic carbocycles. The molecule has 0 aromatic heterocycles. The summed E-state index contributed by atoms with van der Waals surface area (Å²) >= 11 is 0. The average Bonchev–Trinajstić information content (AvgIpc) is 2.12. The lowest BCUT2D eigenvalue weighted by atomic mass is 10.2. The summed E-state index contributed by atoms with van der Waals surface area (Å²) in [5.74, 6) is -1.58. The van der Waals surface area contributed by atoms with Gasteiger partial charge in [0.1, 0.15) is 0 Å². The molecule has 1 atom stereocenters. The molecule has 80 valence electrons. The standard InChI is InChI=1S/C7H14N4O3/c1-10-6(13)3-11-7(14)4(8)2-5(9)12/h4H,2-3,8H2,1H3,(H2,9,12)(H,10,13)(H,11,14)/t4-/m0/s1. The van der Waals surface area contributed by atoms with Gasteiger partial charge in [-0.15, -0.1) is 0 Å². The number of amides is 3. The topological polar surface area (TPSA) is 127 Å². The van der Waals surface area contributed by atoms with Gasteiger partial charge in [0, 0.05) is 7.05 Å². The predicted molar refractivity (Wildman–Crippen MR) is 48.9 cm³/mol. The second kappa shape index (κ2) is 5.92. The number of nitrogens with one attached hydrogen (secondary N) is 2. The summed E-state index contributed by atoms with van der Waals surface area (Å²) in [6.45, 7) is -0.165. The second-order valence-electron chi connectivity index (χ2n) is 2.67. The molecule has 14 heavy (non-hydrogen) atoms. The molecule has 0 spiro atoms. The summed E-state index contributed by atoms with van der Waals surface area (Å²) in [6, 6.07) is -1.00. The third kappa shape index (κ3) is 5.09. The highest BCUT2D eigenvalue weighted by Gasteiger charge is 2.15. The highest BCUT2D eigenvalue weighted by atomic mass is 16.2. The van der Waals surface area contributed by atoms with Crippen LogP contribution in [0.4, 0.5) is 0 Å². The van der Waals surface area contributed by atoms with Crippen molar-refractivity contribution in [2.75, 3.05) is 13.6 Å². The van der Waals surface area contributed by atoms with Gasteiger partial charge in [-0.1, -0.05) is 0 Å². The molecule has 0 saturated heterocycles. The first kappa shape index (κ1) is 12.4. The lowest BCUT2D eigenvalue weighted by Gasteiger charge is -2.09. The number of hydrogen-bond acceptors (Lipinski definition) is 4. The molecule has 0 aromatic rings. The Kier molecular flexibility index (Phi) is 5.23. The zero-order chi connectivity index (χ0) is 11.1. The highest BCUT2D eigenvalue weighted by Crippen LogP contribution is 1.86. The second-order valence-corrected chi connectivity index (χ2v) is 2.67. The molecule has 0 aliphatic rings. The third-order valence-corrected chi connectivity index (χ3v) is 1.46. The SMILES string of the molecule is CNC(=O)CNC(=O)[C@@H](N)CC(N)=O. The van der Waals surface area contributed by atoms with Crippen LogP contribution in [0.15, 0.2) is 0 Å². The van der Waals surface area contributed by atoms with E-state index in [1.165, 1.54) is 7.05 Å². The van der Waals surface area contributed by atoms with Gasteiger partial charge in [-0.2, -0.15) is 0 Å². The normalized spacial score (nSPS) is 11.6. The molecule has 0 fully saturated rings. The molecule has 0 rings (SSSR count). The fraction of sp³-hybridized carbons (Fsp3) is 0.571. The zero-order valence-corrected chi connectivity index (χ0v) is 7.87. The van der Waals surface area contributed by atoms with Crippen LogP contribution in [-0.2, 0) is 14.4 Å². The molecule has 0 aliphatic heterocycles. The van der Waals surface area contributed by atoms with Gasteiger partial charge in [0.2, 0.25) is 17.7 Å². The van der Waals surface area contributed by atoms with Crippen LogP contribution < -0.4 is 22.1 Å². The van der Waals surface area contributed by atoms with Crippen molar-refractivity contribution >= 4 is 17.7 Å². The van der Waals surface area contributed by atoms with E-state index in [1.807, 2.05) is 0 Å². The van der Waals surface area contributed by atoms with Crippen LogP contribution in [0, 0.1) is 0 Å². The van der Waals surface area contributed by atoms with Crippen molar-refractivity contribution in [2.24, 2.45) is 11.5 Å². The van der Waals surface area contributed by atoms with E-state index in [0.29, 0.717) is 0 Å². The number of rotatable bonds is 5. The maximum absolute atomic E-state index is 11.1. The van der Waals surface area contributed by atoms with E-state index in [9.17, 15) is 14.4 Å². The van der Waals surface area contributed by atoms with Crippen molar-refractivity contribution in [1.29, 1.82) is 0 Å². The minimum absolute atomic E-state index is 0.165. The Morgan fingerprint density at radius 2 is 1.93 bits per heavy atom. The molecule has 0 bridgehead atoms. The van der Waals surface area contributed by atoms with Gasteiger partial charge in [-0.25, -0.2) is 0 Å². The fourth-order valence-electron chi connectivity index (χ4n) is 0.696. The number of likely N-dealkylation sites (N-methyl/N-ethyl adjacent to an activating group) is 1. The summed E-state index contributed by atoms with van der Waals surface area (Å²) in [7, 11) is 1.44. The Bertz CT molecular complexity index is 241. The van der Waals surface area contributed by atoms with Crippen molar-refractivity contribution in [3.63, 3.8) is 0 Å². The third-order valence-electron chi connectivity index (χ3n) is 1.46. The summed E-state index contributed by atoms with van der Waals surface area (Å²) in [5.41, 5.74) is 10.1. The monoisotopic (exact) mass is 202 g/mol. The Labute approximate surface area is 81.2 Å². The first-order valence-corrected chi connectivity index (χ1v) is 3.99. The lowest BCUT2D eigenvalue weighted by molar-refractivity contribution is -0.128. The fourth-order valence-corrected chi connectivity index (χ4v) is 0.696. The quantitative estimate of drug-likeness (QED) is 0.380. The first-order valence-electron chi connectivity index (χ1n) is 3.99. The maximum Gasteiger partial charge on any atom is 0.239 e. The van der Waals surface area contributed by atoms with E-state index < -0.39 is 17.9 Å². The van der Waals surface area contributed by atoms with Crippen molar-refractivity contribution in [3.05, 3.63) is 0 Å². The molecule has 0 unspecified atom stereocenters. The Morgan fingerprint density at radius 1 is 1.36 bits per heavy atom. The van der Waals surface area contributed by atoms with Crippen LogP contribution in [0.25, 0.3) is 0 Å². The predicted octanol–water partition coefficient (Wildman–Crippen LogP) is -2.95. The Balaban J connectivity index is 3.84. The van der Waals surface area contributed by atoms with Gasteiger partial charge in [0.25, 0.3) is 0 Å². The van der Waals surface area contributed by atoms with Crippen LogP contribution in [0.3, 0.4) is 0 Å². The Morgan fingerprint density at radius 3 is 2.36 bits per heavy atom. The average molecular weight is 202 g/mol. The van der Waals surface area contributed by atoms with Gasteiger partial charge in [0.05, 0.1) is 19.0 Å². The minimum atomic E-state index is -1.00. The van der Waals surface area contributed by atoms with Crippen molar-refractivity contribution in [2.45, 2.75) is 12.5 Å². The first-order chi connectivity index (χ1) is 6.47. The molecular weight excluding hydrogens is 188 g/mol. The highest BCUT2D eigenvalue weighted by molar-refractivity contribution is 5.90. The van der Waals surface area contributed by atoms with Crippen molar-refractivity contribution in [1.82, 2.24) is 10.6 Å². The molecule has 0 heterocycles. The Hall–Kier alpha value is -1.63. The van der Waals surface area contributed by atoms with Gasteiger partial charge >= 0.3 is 0 Å². The number of nitrogens with two attached hydrogens (primary N) is 2. The zero-order valence-electron chi connectivity index (χ0n) is 7.87. The summed E-state index contributed by atoms with van der Waals surface area (Å²) in [5, 5.41) is 4.57. The molecule has 0 aromatic carbocycles. The van der Waals surface area contributed by atoms with E-state index in [4.69, 9.17) is 11.5 Å². The molecule has 3 amide bonds. The van der Waals surface area contributed by atoms with Gasteiger partial charge in [0.15, 0.2) is 0 Å². The van der Waals surface area contributed by atoms with E-state index in [1.54, 1.807) is 0 Å². The molecule has 7 nitrogen and oxygen atoms in total. The molecule has 0 radical (unpaired) electrons. The van der Waals surface area contributed by atoms with E-state index in [-0.39, 0.29) is 18.9 Å². The van der Waals surface area contributed by atoms with Gasteiger partial charge in [-0.3, -0.25) is 14.4 Å². The van der Waals surface area contributed by atoms with E-state index in [0.717, 1.165) is 0 Å². The lowest BCUT2D eigenvalue weighted by Crippen LogP contribution is -2.45. The summed E-state index contributed by atoms with van der Waals surface area (Å²) < 4.78 is 0. The molecule has 7 heteroatoms. The number of carbonyl (C=O) groups excluding carboxylic acids is 3. The number of hydrogen-bond donors (Lipinski definition) is 4. The van der Waals surface area contributed by atoms with Crippen molar-refractivity contribution < 1.29 is 14.4 Å². The van der Waals surface area contributed by atoms with E-state index in [2.05, 4.69) is 10.6 Å². The number of carbonyl (C=O) groups is 3. The summed E-state index contributed by atoms with van der Waals surface area (Å²) in [6.07, 6.45) is -0.237. The largest absolute Gasteiger partial charge is 0.370 e. The van der Waals surface area contributed by atoms with Crippen LogP contribution in [-0.4, -0.2) is 37.4 Å². The van der Waals surface area contributed by atoms with Crippen LogP contribution in [0.5, 0.6) is 0 Å². The van der Waals surface area contributed by atoms with Gasteiger partial charge in [-0.05, 0) is 0 Å². The molecular formula is C7H14N4O3. The number of primary amides is 1.